The molecule has 0 amide bonds. The molecule has 2 heterocycles. The van der Waals surface area contributed by atoms with Crippen molar-refractivity contribution in [1.29, 1.82) is 0 Å². The van der Waals surface area contributed by atoms with E-state index in [0.717, 1.165) is 4.57 Å². The van der Waals surface area contributed by atoms with E-state index >= 15 is 0 Å². The van der Waals surface area contributed by atoms with Crippen LogP contribution < -0.4 is 26.0 Å². The summed E-state index contributed by atoms with van der Waals surface area (Å²) in [5.74, 6) is -0.259. The van der Waals surface area contributed by atoms with Crippen molar-refractivity contribution in [3.8, 4) is 11.5 Å². The Hall–Kier alpha value is -3.49. The van der Waals surface area contributed by atoms with Crippen molar-refractivity contribution in [1.82, 2.24) is 9.13 Å². The number of benzene rings is 1. The number of carbonyl (C=O) groups is 1. The lowest BCUT2D eigenvalue weighted by Crippen LogP contribution is -2.43. The molecule has 29 heavy (non-hydrogen) atoms. The number of carbonyl (C=O) groups excluding carboxylic acids is 1. The number of allylic oxidation sites excluding steroid dienone is 1. The lowest BCUT2D eigenvalue weighted by atomic mass is 9.81. The molecule has 0 radical (unpaired) electrons. The number of hydrogen-bond acceptors (Lipinski definition) is 7. The Morgan fingerprint density at radius 3 is 2.34 bits per heavy atom. The van der Waals surface area contributed by atoms with Gasteiger partial charge in [-0.3, -0.25) is 13.9 Å². The number of nitrogens with zero attached hydrogens (tertiary/aromatic N) is 2. The number of nitrogens with one attached hydrogen (secondary N) is 1. The molecule has 3 rings (SSSR count). The van der Waals surface area contributed by atoms with Crippen LogP contribution >= 0.6 is 0 Å². The number of anilines is 1. The second kappa shape index (κ2) is 7.50. The van der Waals surface area contributed by atoms with E-state index in [-0.39, 0.29) is 11.1 Å². The summed E-state index contributed by atoms with van der Waals surface area (Å²) in [4.78, 5) is 38.3. The number of fused-ring (bicyclic) bond motifs is 1. The summed E-state index contributed by atoms with van der Waals surface area (Å²) in [7, 11) is 7.22. The molecule has 0 spiro atoms. The number of para-hydroxylation sites is 1. The van der Waals surface area contributed by atoms with Gasteiger partial charge >= 0.3 is 11.7 Å². The third-order valence-electron chi connectivity index (χ3n) is 5.14. The lowest BCUT2D eigenvalue weighted by Gasteiger charge is -2.31. The summed E-state index contributed by atoms with van der Waals surface area (Å²) in [6, 6.07) is 5.22. The largest absolute Gasteiger partial charge is 0.493 e. The number of esters is 1. The summed E-state index contributed by atoms with van der Waals surface area (Å²) >= 11 is 0. The highest BCUT2D eigenvalue weighted by molar-refractivity contribution is 5.94. The van der Waals surface area contributed by atoms with Gasteiger partial charge in [0, 0.05) is 25.4 Å². The van der Waals surface area contributed by atoms with Gasteiger partial charge in [-0.15, -0.1) is 0 Å². The molecule has 9 heteroatoms. The van der Waals surface area contributed by atoms with Crippen molar-refractivity contribution < 1.29 is 19.0 Å². The van der Waals surface area contributed by atoms with Crippen molar-refractivity contribution in [2.75, 3.05) is 26.6 Å². The SMILES string of the molecule is COC(=O)C1=C(C)Nc2c(c(=O)n(C)c(=O)n2C)[C@@H]1c1cccc(OC)c1OC. The first-order chi connectivity index (χ1) is 13.8. The number of ether oxygens (including phenoxy) is 3. The minimum atomic E-state index is -0.825. The zero-order valence-corrected chi connectivity index (χ0v) is 17.2. The maximum absolute atomic E-state index is 13.2. The van der Waals surface area contributed by atoms with Gasteiger partial charge in [-0.25, -0.2) is 9.59 Å². The summed E-state index contributed by atoms with van der Waals surface area (Å²) in [6.45, 7) is 1.69. The van der Waals surface area contributed by atoms with Gasteiger partial charge in [0.1, 0.15) is 5.82 Å². The van der Waals surface area contributed by atoms with Gasteiger partial charge in [-0.05, 0) is 13.0 Å². The molecule has 0 fully saturated rings. The summed E-state index contributed by atoms with van der Waals surface area (Å²) in [5, 5.41) is 3.02. The second-order valence-corrected chi connectivity index (χ2v) is 6.64. The van der Waals surface area contributed by atoms with E-state index in [2.05, 4.69) is 5.32 Å². The Bertz CT molecular complexity index is 1140. The van der Waals surface area contributed by atoms with Gasteiger partial charge in [0.05, 0.1) is 38.4 Å². The van der Waals surface area contributed by atoms with Crippen LogP contribution in [0.5, 0.6) is 11.5 Å². The second-order valence-electron chi connectivity index (χ2n) is 6.64. The van der Waals surface area contributed by atoms with Crippen LogP contribution in [0.3, 0.4) is 0 Å². The van der Waals surface area contributed by atoms with E-state index in [0.29, 0.717) is 28.6 Å². The van der Waals surface area contributed by atoms with Crippen molar-refractivity contribution in [2.45, 2.75) is 12.8 Å². The zero-order chi connectivity index (χ0) is 21.5. The van der Waals surface area contributed by atoms with Crippen LogP contribution in [0, 0.1) is 0 Å². The van der Waals surface area contributed by atoms with Gasteiger partial charge in [0.25, 0.3) is 5.56 Å². The first-order valence-corrected chi connectivity index (χ1v) is 8.85. The van der Waals surface area contributed by atoms with Gasteiger partial charge < -0.3 is 19.5 Å². The van der Waals surface area contributed by atoms with Gasteiger partial charge in [0.15, 0.2) is 11.5 Å². The van der Waals surface area contributed by atoms with Crippen LogP contribution in [0.2, 0.25) is 0 Å². The maximum Gasteiger partial charge on any atom is 0.336 e. The lowest BCUT2D eigenvalue weighted by molar-refractivity contribution is -0.136. The molecule has 1 N–H and O–H groups in total. The minimum Gasteiger partial charge on any atom is -0.493 e. The average molecular weight is 401 g/mol. The summed E-state index contributed by atoms with van der Waals surface area (Å²) in [5.41, 5.74) is 0.522. The smallest absolute Gasteiger partial charge is 0.336 e. The first-order valence-electron chi connectivity index (χ1n) is 8.85. The molecule has 1 aliphatic heterocycles. The molecule has 0 saturated carbocycles. The quantitative estimate of drug-likeness (QED) is 0.766. The molecule has 0 aliphatic carbocycles. The fraction of sp³-hybridized carbons (Fsp3) is 0.350. The van der Waals surface area contributed by atoms with Gasteiger partial charge in [-0.1, -0.05) is 12.1 Å². The topological polar surface area (TPSA) is 101 Å². The van der Waals surface area contributed by atoms with Crippen LogP contribution in [0.1, 0.15) is 24.0 Å². The Balaban J connectivity index is 2.48. The maximum atomic E-state index is 13.2. The highest BCUT2D eigenvalue weighted by Gasteiger charge is 2.39. The van der Waals surface area contributed by atoms with E-state index in [1.807, 2.05) is 0 Å². The van der Waals surface area contributed by atoms with E-state index in [1.165, 1.54) is 32.9 Å². The Kier molecular flexibility index (Phi) is 5.23. The van der Waals surface area contributed by atoms with Crippen LogP contribution in [0.15, 0.2) is 39.1 Å². The Morgan fingerprint density at radius 1 is 1.07 bits per heavy atom. The van der Waals surface area contributed by atoms with Crippen LogP contribution in [-0.2, 0) is 23.6 Å². The highest BCUT2D eigenvalue weighted by atomic mass is 16.5. The molecule has 0 unspecified atom stereocenters. The molecule has 154 valence electrons. The molecule has 0 saturated heterocycles. The van der Waals surface area contributed by atoms with Crippen molar-refractivity contribution in [3.63, 3.8) is 0 Å². The molecular formula is C20H23N3O6. The monoisotopic (exact) mass is 401 g/mol. The third-order valence-corrected chi connectivity index (χ3v) is 5.14. The fourth-order valence-corrected chi connectivity index (χ4v) is 3.72. The average Bonchev–Trinajstić information content (AvgIpc) is 2.73. The summed E-state index contributed by atoms with van der Waals surface area (Å²) < 4.78 is 18.3. The number of rotatable bonds is 4. The van der Waals surface area contributed by atoms with E-state index in [9.17, 15) is 14.4 Å². The highest BCUT2D eigenvalue weighted by Crippen LogP contribution is 2.45. The van der Waals surface area contributed by atoms with E-state index in [1.54, 1.807) is 32.2 Å². The normalized spacial score (nSPS) is 15.4. The molecule has 2 aromatic rings. The van der Waals surface area contributed by atoms with Gasteiger partial charge in [-0.2, -0.15) is 0 Å². The predicted molar refractivity (Wildman–Crippen MR) is 107 cm³/mol. The van der Waals surface area contributed by atoms with Crippen molar-refractivity contribution in [3.05, 3.63) is 61.4 Å². The molecule has 1 atom stereocenters. The number of methoxy groups -OCH3 is 3. The minimum absolute atomic E-state index is 0.243. The molecular weight excluding hydrogens is 378 g/mol. The van der Waals surface area contributed by atoms with Gasteiger partial charge in [0.2, 0.25) is 0 Å². The number of aromatic nitrogens is 2. The predicted octanol–water partition coefficient (Wildman–Crippen LogP) is 1.11. The van der Waals surface area contributed by atoms with Crippen LogP contribution in [0.4, 0.5) is 5.82 Å². The number of hydrogen-bond donors (Lipinski definition) is 1. The molecule has 9 nitrogen and oxygen atoms in total. The van der Waals surface area contributed by atoms with E-state index < -0.39 is 23.1 Å². The van der Waals surface area contributed by atoms with Crippen LogP contribution in [-0.4, -0.2) is 36.4 Å². The van der Waals surface area contributed by atoms with Crippen LogP contribution in [0.25, 0.3) is 0 Å². The van der Waals surface area contributed by atoms with Crippen molar-refractivity contribution in [2.24, 2.45) is 14.1 Å². The fourth-order valence-electron chi connectivity index (χ4n) is 3.72. The Morgan fingerprint density at radius 2 is 1.76 bits per heavy atom. The van der Waals surface area contributed by atoms with Crippen molar-refractivity contribution >= 4 is 11.8 Å². The molecule has 0 bridgehead atoms. The first kappa shape index (κ1) is 20.2. The molecule has 1 aliphatic rings. The molecule has 1 aromatic heterocycles. The third kappa shape index (κ3) is 2.98. The molecule has 1 aromatic carbocycles. The summed E-state index contributed by atoms with van der Waals surface area (Å²) in [6.07, 6.45) is 0. The Labute approximate surface area is 167 Å². The zero-order valence-electron chi connectivity index (χ0n) is 17.2. The van der Waals surface area contributed by atoms with E-state index in [4.69, 9.17) is 14.2 Å². The standard InChI is InChI=1S/C20H23N3O6/c1-10-13(19(25)29-6)14(11-8-7-9-12(27-4)16(11)28-5)15-17(21-10)22(2)20(26)23(3)18(15)24/h7-9,14,21H,1-6H3/t14-/m1/s1.